The average Bonchev–Trinajstić information content (AvgIpc) is 2.91. The van der Waals surface area contributed by atoms with Gasteiger partial charge < -0.3 is 4.98 Å². The second-order valence-corrected chi connectivity index (χ2v) is 7.07. The van der Waals surface area contributed by atoms with Gasteiger partial charge in [0.15, 0.2) is 0 Å². The third kappa shape index (κ3) is 3.08. The molecule has 0 saturated carbocycles. The molecule has 0 aliphatic heterocycles. The van der Waals surface area contributed by atoms with Crippen LogP contribution in [0.3, 0.4) is 0 Å². The van der Waals surface area contributed by atoms with Gasteiger partial charge in [0.2, 0.25) is 10.0 Å². The molecular weight excluding hydrogens is 274 g/mol. The van der Waals surface area contributed by atoms with Crippen LogP contribution in [0.25, 0.3) is 0 Å². The quantitative estimate of drug-likeness (QED) is 0.920. The summed E-state index contributed by atoms with van der Waals surface area (Å²) in [5, 5.41) is 0. The van der Waals surface area contributed by atoms with Crippen LogP contribution in [0.1, 0.15) is 31.2 Å². The molecule has 2 aromatic rings. The van der Waals surface area contributed by atoms with E-state index in [0.717, 1.165) is 5.56 Å². The molecular formula is C14H19N3O2S. The second kappa shape index (κ2) is 5.76. The van der Waals surface area contributed by atoms with Crippen molar-refractivity contribution in [3.8, 4) is 0 Å². The Morgan fingerprint density at radius 1 is 1.25 bits per heavy atom. The van der Waals surface area contributed by atoms with Crippen molar-refractivity contribution in [1.82, 2.24) is 14.3 Å². The van der Waals surface area contributed by atoms with Crippen LogP contribution in [-0.4, -0.2) is 29.7 Å². The molecule has 0 aliphatic rings. The van der Waals surface area contributed by atoms with Gasteiger partial charge >= 0.3 is 0 Å². The molecule has 1 aromatic heterocycles. The summed E-state index contributed by atoms with van der Waals surface area (Å²) in [7, 11) is -1.93. The first-order chi connectivity index (χ1) is 9.41. The first kappa shape index (κ1) is 14.7. The second-order valence-electron chi connectivity index (χ2n) is 5.02. The number of sulfonamides is 1. The standard InChI is InChI=1S/C14H19N3O2S/c1-11(2)12-4-6-13(7-5-12)20(18,19)17(3)10-14-15-8-9-16-14/h4-9,11H,10H2,1-3H3,(H,15,16). The zero-order valence-corrected chi connectivity index (χ0v) is 12.7. The number of hydrogen-bond donors (Lipinski definition) is 1. The molecule has 5 nitrogen and oxygen atoms in total. The molecule has 2 rings (SSSR count). The van der Waals surface area contributed by atoms with E-state index in [1.54, 1.807) is 31.6 Å². The third-order valence-electron chi connectivity index (χ3n) is 3.18. The molecule has 0 radical (unpaired) electrons. The highest BCUT2D eigenvalue weighted by atomic mass is 32.2. The summed E-state index contributed by atoms with van der Waals surface area (Å²) in [6.45, 7) is 4.38. The molecule has 0 atom stereocenters. The number of nitrogens with one attached hydrogen (secondary N) is 1. The fourth-order valence-electron chi connectivity index (χ4n) is 1.88. The number of aromatic amines is 1. The van der Waals surface area contributed by atoms with Gasteiger partial charge in [-0.1, -0.05) is 26.0 Å². The predicted octanol–water partition coefficient (Wildman–Crippen LogP) is 2.35. The number of aromatic nitrogens is 2. The van der Waals surface area contributed by atoms with E-state index in [2.05, 4.69) is 23.8 Å². The van der Waals surface area contributed by atoms with Gasteiger partial charge in [-0.05, 0) is 23.6 Å². The lowest BCUT2D eigenvalue weighted by atomic mass is 10.0. The number of benzene rings is 1. The minimum Gasteiger partial charge on any atom is -0.347 e. The Morgan fingerprint density at radius 3 is 2.40 bits per heavy atom. The smallest absolute Gasteiger partial charge is 0.243 e. The molecule has 0 fully saturated rings. The molecule has 0 spiro atoms. The summed E-state index contributed by atoms with van der Waals surface area (Å²) in [5.41, 5.74) is 1.12. The van der Waals surface area contributed by atoms with Crippen LogP contribution < -0.4 is 0 Å². The highest BCUT2D eigenvalue weighted by Crippen LogP contribution is 2.20. The largest absolute Gasteiger partial charge is 0.347 e. The number of H-pyrrole nitrogens is 1. The van der Waals surface area contributed by atoms with E-state index in [9.17, 15) is 8.42 Å². The molecule has 0 amide bonds. The van der Waals surface area contributed by atoms with Crippen LogP contribution in [0.4, 0.5) is 0 Å². The summed E-state index contributed by atoms with van der Waals surface area (Å²) in [5.74, 6) is 1.00. The van der Waals surface area contributed by atoms with E-state index in [-0.39, 0.29) is 6.54 Å². The van der Waals surface area contributed by atoms with Crippen LogP contribution in [0.2, 0.25) is 0 Å². The van der Waals surface area contributed by atoms with Crippen molar-refractivity contribution in [2.75, 3.05) is 7.05 Å². The zero-order valence-electron chi connectivity index (χ0n) is 11.9. The molecule has 1 heterocycles. The highest BCUT2D eigenvalue weighted by Gasteiger charge is 2.21. The Morgan fingerprint density at radius 2 is 1.90 bits per heavy atom. The van der Waals surface area contributed by atoms with Crippen LogP contribution in [-0.2, 0) is 16.6 Å². The van der Waals surface area contributed by atoms with Crippen LogP contribution in [0.15, 0.2) is 41.6 Å². The molecule has 20 heavy (non-hydrogen) atoms. The normalized spacial score (nSPS) is 12.2. The van der Waals surface area contributed by atoms with E-state index in [1.165, 1.54) is 4.31 Å². The van der Waals surface area contributed by atoms with E-state index in [4.69, 9.17) is 0 Å². The van der Waals surface area contributed by atoms with E-state index < -0.39 is 10.0 Å². The van der Waals surface area contributed by atoms with E-state index >= 15 is 0 Å². The highest BCUT2D eigenvalue weighted by molar-refractivity contribution is 7.89. The SMILES string of the molecule is CC(C)c1ccc(S(=O)(=O)N(C)Cc2ncc[nH]2)cc1. The predicted molar refractivity (Wildman–Crippen MR) is 77.8 cm³/mol. The first-order valence-corrected chi connectivity index (χ1v) is 7.90. The summed E-state index contributed by atoms with van der Waals surface area (Å²) in [6, 6.07) is 7.03. The van der Waals surface area contributed by atoms with E-state index in [0.29, 0.717) is 16.6 Å². The first-order valence-electron chi connectivity index (χ1n) is 6.46. The lowest BCUT2D eigenvalue weighted by molar-refractivity contribution is 0.458. The van der Waals surface area contributed by atoms with Crippen molar-refractivity contribution in [1.29, 1.82) is 0 Å². The fourth-order valence-corrected chi connectivity index (χ4v) is 3.02. The number of imidazole rings is 1. The summed E-state index contributed by atoms with van der Waals surface area (Å²) in [4.78, 5) is 7.24. The Bertz CT molecular complexity index is 646. The zero-order chi connectivity index (χ0) is 14.8. The van der Waals surface area contributed by atoms with Gasteiger partial charge in [0.1, 0.15) is 5.82 Å². The molecule has 1 N–H and O–H groups in total. The maximum absolute atomic E-state index is 12.4. The van der Waals surface area contributed by atoms with Gasteiger partial charge in [-0.3, -0.25) is 0 Å². The van der Waals surface area contributed by atoms with Crippen molar-refractivity contribution >= 4 is 10.0 Å². The van der Waals surface area contributed by atoms with Crippen molar-refractivity contribution in [3.05, 3.63) is 48.0 Å². The minimum atomic E-state index is -3.48. The molecule has 0 aliphatic carbocycles. The van der Waals surface area contributed by atoms with Crippen molar-refractivity contribution in [3.63, 3.8) is 0 Å². The topological polar surface area (TPSA) is 66.1 Å². The van der Waals surface area contributed by atoms with Gasteiger partial charge in [-0.15, -0.1) is 0 Å². The van der Waals surface area contributed by atoms with Gasteiger partial charge in [-0.2, -0.15) is 4.31 Å². The molecule has 6 heteroatoms. The number of hydrogen-bond acceptors (Lipinski definition) is 3. The van der Waals surface area contributed by atoms with Gasteiger partial charge in [0.25, 0.3) is 0 Å². The van der Waals surface area contributed by atoms with Gasteiger partial charge in [0.05, 0.1) is 11.4 Å². The molecule has 0 unspecified atom stereocenters. The van der Waals surface area contributed by atoms with Crippen LogP contribution in [0, 0.1) is 0 Å². The summed E-state index contributed by atoms with van der Waals surface area (Å²) < 4.78 is 26.1. The number of nitrogens with zero attached hydrogens (tertiary/aromatic N) is 2. The number of rotatable bonds is 5. The van der Waals surface area contributed by atoms with Crippen molar-refractivity contribution in [2.24, 2.45) is 0 Å². The Balaban J connectivity index is 2.21. The molecule has 0 saturated heterocycles. The van der Waals surface area contributed by atoms with Crippen LogP contribution >= 0.6 is 0 Å². The van der Waals surface area contributed by atoms with Crippen LogP contribution in [0.5, 0.6) is 0 Å². The monoisotopic (exact) mass is 293 g/mol. The molecule has 108 valence electrons. The average molecular weight is 293 g/mol. The maximum atomic E-state index is 12.4. The lowest BCUT2D eigenvalue weighted by Gasteiger charge is -2.16. The fraction of sp³-hybridized carbons (Fsp3) is 0.357. The minimum absolute atomic E-state index is 0.223. The Labute approximate surface area is 119 Å². The summed E-state index contributed by atoms with van der Waals surface area (Å²) in [6.07, 6.45) is 3.28. The molecule has 0 bridgehead atoms. The summed E-state index contributed by atoms with van der Waals surface area (Å²) >= 11 is 0. The lowest BCUT2D eigenvalue weighted by Crippen LogP contribution is -2.27. The van der Waals surface area contributed by atoms with E-state index in [1.807, 2.05) is 12.1 Å². The van der Waals surface area contributed by atoms with Crippen molar-refractivity contribution < 1.29 is 8.42 Å². The van der Waals surface area contributed by atoms with Crippen molar-refractivity contribution in [2.45, 2.75) is 31.2 Å². The molecule has 1 aromatic carbocycles. The van der Waals surface area contributed by atoms with Gasteiger partial charge in [-0.25, -0.2) is 13.4 Å². The Hall–Kier alpha value is -1.66. The maximum Gasteiger partial charge on any atom is 0.243 e. The van der Waals surface area contributed by atoms with Gasteiger partial charge in [0, 0.05) is 19.4 Å². The Kier molecular flexibility index (Phi) is 4.25. The third-order valence-corrected chi connectivity index (χ3v) is 5.00.